The molecule has 1 unspecified atom stereocenters. The van der Waals surface area contributed by atoms with Crippen molar-refractivity contribution >= 4 is 5.97 Å². The van der Waals surface area contributed by atoms with Crippen LogP contribution in [0.15, 0.2) is 6.33 Å². The van der Waals surface area contributed by atoms with Crippen molar-refractivity contribution in [3.63, 3.8) is 0 Å². The Bertz CT molecular complexity index is 403. The van der Waals surface area contributed by atoms with Gasteiger partial charge in [-0.2, -0.15) is 5.10 Å². The first-order chi connectivity index (χ1) is 8.44. The van der Waals surface area contributed by atoms with E-state index in [1.807, 2.05) is 13.8 Å². The lowest BCUT2D eigenvalue weighted by Gasteiger charge is -2.25. The zero-order valence-electron chi connectivity index (χ0n) is 11.5. The van der Waals surface area contributed by atoms with E-state index < -0.39 is 5.41 Å². The Labute approximate surface area is 108 Å². The lowest BCUT2D eigenvalue weighted by Crippen LogP contribution is -2.40. The molecule has 0 amide bonds. The summed E-state index contributed by atoms with van der Waals surface area (Å²) in [5, 5.41) is 4.15. The third kappa shape index (κ3) is 3.07. The number of rotatable bonds is 6. The Kier molecular flexibility index (Phi) is 4.84. The van der Waals surface area contributed by atoms with Crippen LogP contribution in [0.1, 0.15) is 39.6 Å². The smallest absolute Gasteiger partial charge is 0.313 e. The average Bonchev–Trinajstić information content (AvgIpc) is 2.77. The van der Waals surface area contributed by atoms with Crippen molar-refractivity contribution < 1.29 is 9.53 Å². The number of nitrogens with zero attached hydrogens (tertiary/aromatic N) is 3. The van der Waals surface area contributed by atoms with E-state index in [9.17, 15) is 4.79 Å². The van der Waals surface area contributed by atoms with Crippen LogP contribution in [0.2, 0.25) is 0 Å². The van der Waals surface area contributed by atoms with E-state index in [1.54, 1.807) is 18.5 Å². The number of esters is 1. The Morgan fingerprint density at radius 2 is 2.28 bits per heavy atom. The lowest BCUT2D eigenvalue weighted by molar-refractivity contribution is -0.153. The predicted molar refractivity (Wildman–Crippen MR) is 67.9 cm³/mol. The van der Waals surface area contributed by atoms with Gasteiger partial charge in [0.15, 0.2) is 0 Å². The maximum Gasteiger partial charge on any atom is 0.313 e. The first-order valence-electron chi connectivity index (χ1n) is 6.20. The van der Waals surface area contributed by atoms with Gasteiger partial charge in [0.05, 0.1) is 12.0 Å². The molecule has 0 aromatic carbocycles. The van der Waals surface area contributed by atoms with Crippen molar-refractivity contribution in [2.45, 2.75) is 40.2 Å². The summed E-state index contributed by atoms with van der Waals surface area (Å²) in [6, 6.07) is 0.201. The highest BCUT2D eigenvalue weighted by Gasteiger charge is 2.35. The van der Waals surface area contributed by atoms with Crippen LogP contribution >= 0.6 is 0 Å². The number of hydrogen-bond acceptors (Lipinski definition) is 5. The highest BCUT2D eigenvalue weighted by atomic mass is 16.5. The molecular weight excluding hydrogens is 232 g/mol. The zero-order valence-corrected chi connectivity index (χ0v) is 11.5. The third-order valence-corrected chi connectivity index (χ3v) is 2.90. The minimum Gasteiger partial charge on any atom is -0.466 e. The van der Waals surface area contributed by atoms with E-state index in [4.69, 9.17) is 10.5 Å². The number of carbonyl (C=O) groups is 1. The first kappa shape index (κ1) is 14.6. The summed E-state index contributed by atoms with van der Waals surface area (Å²) in [5.41, 5.74) is 4.97. The predicted octanol–water partition coefficient (Wildman–Crippen LogP) is 0.930. The van der Waals surface area contributed by atoms with E-state index in [-0.39, 0.29) is 18.6 Å². The van der Waals surface area contributed by atoms with Crippen molar-refractivity contribution in [2.75, 3.05) is 13.2 Å². The van der Waals surface area contributed by atoms with Gasteiger partial charge >= 0.3 is 5.97 Å². The van der Waals surface area contributed by atoms with Gasteiger partial charge in [-0.3, -0.25) is 4.79 Å². The highest BCUT2D eigenvalue weighted by Crippen LogP contribution is 2.23. The first-order valence-corrected chi connectivity index (χ1v) is 6.20. The summed E-state index contributed by atoms with van der Waals surface area (Å²) in [5.74, 6) is 0.469. The lowest BCUT2D eigenvalue weighted by atomic mass is 9.86. The van der Waals surface area contributed by atoms with Crippen molar-refractivity contribution in [1.29, 1.82) is 0 Å². The minimum absolute atomic E-state index is 0.201. The van der Waals surface area contributed by atoms with Crippen molar-refractivity contribution in [3.05, 3.63) is 12.2 Å². The van der Waals surface area contributed by atoms with Gasteiger partial charge in [0, 0.05) is 19.0 Å². The largest absolute Gasteiger partial charge is 0.466 e. The molecule has 0 radical (unpaired) electrons. The number of hydrogen-bond donors (Lipinski definition) is 1. The molecule has 0 saturated heterocycles. The fraction of sp³-hybridized carbons (Fsp3) is 0.750. The Hall–Kier alpha value is -1.43. The number of ether oxygens (including phenoxy) is 1. The van der Waals surface area contributed by atoms with Crippen molar-refractivity contribution in [3.8, 4) is 0 Å². The van der Waals surface area contributed by atoms with Crippen molar-refractivity contribution in [2.24, 2.45) is 11.1 Å². The second kappa shape index (κ2) is 5.95. The SMILES string of the molecule is CCOC(=O)C(C)(CN)Cc1ncnn1C(C)C. The summed E-state index contributed by atoms with van der Waals surface area (Å²) in [4.78, 5) is 16.1. The average molecular weight is 254 g/mol. The molecule has 0 spiro atoms. The fourth-order valence-corrected chi connectivity index (χ4v) is 1.71. The van der Waals surface area contributed by atoms with E-state index in [0.717, 1.165) is 5.82 Å². The molecule has 102 valence electrons. The minimum atomic E-state index is -0.754. The standard InChI is InChI=1S/C12H22N4O2/c1-5-18-11(17)12(4,7-13)6-10-14-8-15-16(10)9(2)3/h8-9H,5-7,13H2,1-4H3. The van der Waals surface area contributed by atoms with Crippen LogP contribution in [-0.4, -0.2) is 33.9 Å². The van der Waals surface area contributed by atoms with Crippen LogP contribution in [0.4, 0.5) is 0 Å². The van der Waals surface area contributed by atoms with Gasteiger partial charge in [0.1, 0.15) is 12.2 Å². The summed E-state index contributed by atoms with van der Waals surface area (Å²) in [6.07, 6.45) is 1.93. The molecule has 0 fully saturated rings. The van der Waals surface area contributed by atoms with Gasteiger partial charge in [-0.15, -0.1) is 0 Å². The second-order valence-corrected chi connectivity index (χ2v) is 4.88. The van der Waals surface area contributed by atoms with Crippen LogP contribution in [0, 0.1) is 5.41 Å². The van der Waals surface area contributed by atoms with Gasteiger partial charge < -0.3 is 10.5 Å². The molecule has 18 heavy (non-hydrogen) atoms. The summed E-state index contributed by atoms with van der Waals surface area (Å²) in [6.45, 7) is 8.18. The number of aromatic nitrogens is 3. The molecule has 0 saturated carbocycles. The van der Waals surface area contributed by atoms with Gasteiger partial charge in [0.2, 0.25) is 0 Å². The van der Waals surface area contributed by atoms with E-state index in [1.165, 1.54) is 6.33 Å². The van der Waals surface area contributed by atoms with E-state index in [2.05, 4.69) is 10.1 Å². The Morgan fingerprint density at radius 3 is 2.78 bits per heavy atom. The molecule has 6 nitrogen and oxygen atoms in total. The molecular formula is C12H22N4O2. The Balaban J connectivity index is 2.91. The highest BCUT2D eigenvalue weighted by molar-refractivity contribution is 5.77. The molecule has 0 bridgehead atoms. The molecule has 0 aliphatic heterocycles. The van der Waals surface area contributed by atoms with Gasteiger partial charge in [0.25, 0.3) is 0 Å². The second-order valence-electron chi connectivity index (χ2n) is 4.88. The molecule has 6 heteroatoms. The van der Waals surface area contributed by atoms with Crippen LogP contribution < -0.4 is 5.73 Å². The van der Waals surface area contributed by atoms with Crippen LogP contribution in [0.25, 0.3) is 0 Å². The van der Waals surface area contributed by atoms with E-state index >= 15 is 0 Å². The molecule has 2 N–H and O–H groups in total. The maximum atomic E-state index is 11.9. The quantitative estimate of drug-likeness (QED) is 0.763. The zero-order chi connectivity index (χ0) is 13.8. The maximum absolute atomic E-state index is 11.9. The molecule has 1 aromatic heterocycles. The fourth-order valence-electron chi connectivity index (χ4n) is 1.71. The van der Waals surface area contributed by atoms with Gasteiger partial charge in [-0.1, -0.05) is 0 Å². The molecule has 1 rings (SSSR count). The Morgan fingerprint density at radius 1 is 1.61 bits per heavy atom. The molecule has 1 aromatic rings. The summed E-state index contributed by atoms with van der Waals surface area (Å²) < 4.78 is 6.87. The molecule has 1 atom stereocenters. The van der Waals surface area contributed by atoms with Gasteiger partial charge in [-0.05, 0) is 27.7 Å². The molecule has 0 aliphatic rings. The topological polar surface area (TPSA) is 83.0 Å². The normalized spacial score (nSPS) is 14.6. The number of nitrogens with two attached hydrogens (primary N) is 1. The van der Waals surface area contributed by atoms with Gasteiger partial charge in [-0.25, -0.2) is 9.67 Å². The summed E-state index contributed by atoms with van der Waals surface area (Å²) in [7, 11) is 0. The monoisotopic (exact) mass is 254 g/mol. The summed E-state index contributed by atoms with van der Waals surface area (Å²) >= 11 is 0. The third-order valence-electron chi connectivity index (χ3n) is 2.90. The van der Waals surface area contributed by atoms with Crippen LogP contribution in [0.3, 0.4) is 0 Å². The molecule has 0 aliphatic carbocycles. The number of carbonyl (C=O) groups excluding carboxylic acids is 1. The van der Waals surface area contributed by atoms with Crippen LogP contribution in [0.5, 0.6) is 0 Å². The molecule has 1 heterocycles. The van der Waals surface area contributed by atoms with E-state index in [0.29, 0.717) is 13.0 Å². The van der Waals surface area contributed by atoms with Crippen LogP contribution in [-0.2, 0) is 16.0 Å². The van der Waals surface area contributed by atoms with Crippen molar-refractivity contribution in [1.82, 2.24) is 14.8 Å².